The van der Waals surface area contributed by atoms with Crippen LogP contribution in [0.25, 0.3) is 16.9 Å². The van der Waals surface area contributed by atoms with E-state index in [2.05, 4.69) is 10.1 Å². The van der Waals surface area contributed by atoms with Gasteiger partial charge in [0.05, 0.1) is 63.4 Å². The molecule has 0 aliphatic carbocycles. The van der Waals surface area contributed by atoms with Crippen LogP contribution in [0.5, 0.6) is 11.6 Å². The molecule has 5 rings (SSSR count). The van der Waals surface area contributed by atoms with E-state index < -0.39 is 5.82 Å². The molecule has 1 aliphatic rings. The summed E-state index contributed by atoms with van der Waals surface area (Å²) in [4.78, 5) is 4.08. The van der Waals surface area contributed by atoms with Gasteiger partial charge in [-0.1, -0.05) is 12.1 Å². The smallest absolute Gasteiger partial charge is 0.250 e. The highest BCUT2D eigenvalue weighted by Crippen LogP contribution is 2.30. The van der Waals surface area contributed by atoms with E-state index >= 15 is 0 Å². The molecule has 4 heterocycles. The summed E-state index contributed by atoms with van der Waals surface area (Å²) < 4.78 is 33.9. The number of hydrogen-bond donors (Lipinski definition) is 0. The zero-order valence-corrected chi connectivity index (χ0v) is 18.5. The second-order valence-corrected chi connectivity index (χ2v) is 7.76. The summed E-state index contributed by atoms with van der Waals surface area (Å²) in [6, 6.07) is 9.29. The molecule has 0 saturated heterocycles. The second-order valence-electron chi connectivity index (χ2n) is 7.76. The van der Waals surface area contributed by atoms with Crippen molar-refractivity contribution in [3.8, 4) is 28.6 Å². The predicted molar refractivity (Wildman–Crippen MR) is 119 cm³/mol. The Morgan fingerprint density at radius 3 is 2.64 bits per heavy atom. The van der Waals surface area contributed by atoms with Crippen LogP contribution in [0.2, 0.25) is 0 Å². The van der Waals surface area contributed by atoms with Gasteiger partial charge in [0.25, 0.3) is 0 Å². The molecule has 0 fully saturated rings. The molecule has 1 aliphatic heterocycles. The van der Waals surface area contributed by atoms with Gasteiger partial charge < -0.3 is 14.2 Å². The summed E-state index contributed by atoms with van der Waals surface area (Å²) in [6.45, 7) is 1.82. The highest BCUT2D eigenvalue weighted by atomic mass is 19.1. The molecule has 0 atom stereocenters. The first-order valence-corrected chi connectivity index (χ1v) is 10.7. The monoisotopic (exact) mass is 449 g/mol. The van der Waals surface area contributed by atoms with E-state index in [1.165, 1.54) is 13.2 Å². The van der Waals surface area contributed by atoms with Crippen LogP contribution in [0.15, 0.2) is 48.9 Å². The van der Waals surface area contributed by atoms with Crippen molar-refractivity contribution in [1.29, 1.82) is 0 Å². The summed E-state index contributed by atoms with van der Waals surface area (Å²) >= 11 is 0. The Morgan fingerprint density at radius 1 is 1.06 bits per heavy atom. The molecule has 0 bridgehead atoms. The highest BCUT2D eigenvalue weighted by molar-refractivity contribution is 5.64. The maximum atomic E-state index is 14.4. The lowest BCUT2D eigenvalue weighted by molar-refractivity contribution is 0.145. The quantitative estimate of drug-likeness (QED) is 0.449. The number of nitrogens with zero attached hydrogens (tertiary/aromatic N) is 5. The van der Waals surface area contributed by atoms with Gasteiger partial charge in [-0.05, 0) is 24.1 Å². The van der Waals surface area contributed by atoms with Crippen molar-refractivity contribution >= 4 is 0 Å². The van der Waals surface area contributed by atoms with Gasteiger partial charge in [0.1, 0.15) is 5.75 Å². The lowest BCUT2D eigenvalue weighted by atomic mass is 10.1. The van der Waals surface area contributed by atoms with Crippen molar-refractivity contribution in [2.24, 2.45) is 0 Å². The SMILES string of the molecule is COc1ccc(Cn2cc(-c3nn(-c4cnc(OC)c(F)c4)c4c3CCOCC4)cn2)cc1. The molecule has 4 aromatic rings. The number of pyridine rings is 1. The minimum absolute atomic E-state index is 0.0413. The Bertz CT molecular complexity index is 1270. The van der Waals surface area contributed by atoms with Crippen molar-refractivity contribution < 1.29 is 18.6 Å². The average molecular weight is 449 g/mol. The first-order valence-electron chi connectivity index (χ1n) is 10.7. The number of hydrogen-bond acceptors (Lipinski definition) is 6. The number of methoxy groups -OCH3 is 2. The molecular weight excluding hydrogens is 425 g/mol. The van der Waals surface area contributed by atoms with E-state index in [1.54, 1.807) is 18.0 Å². The average Bonchev–Trinajstić information content (AvgIpc) is 3.36. The molecule has 0 unspecified atom stereocenters. The van der Waals surface area contributed by atoms with Gasteiger partial charge in [0, 0.05) is 29.8 Å². The van der Waals surface area contributed by atoms with Crippen LogP contribution >= 0.6 is 0 Å². The molecule has 9 heteroatoms. The fraction of sp³-hybridized carbons (Fsp3) is 0.292. The largest absolute Gasteiger partial charge is 0.497 e. The molecular formula is C24H24FN5O3. The number of ether oxygens (including phenoxy) is 3. The van der Waals surface area contributed by atoms with E-state index in [9.17, 15) is 4.39 Å². The molecule has 33 heavy (non-hydrogen) atoms. The summed E-state index contributed by atoms with van der Waals surface area (Å²) in [5, 5.41) is 9.40. The third-order valence-electron chi connectivity index (χ3n) is 5.71. The Labute approximate surface area is 190 Å². The summed E-state index contributed by atoms with van der Waals surface area (Å²) in [7, 11) is 3.04. The van der Waals surface area contributed by atoms with E-state index in [1.807, 2.05) is 41.3 Å². The van der Waals surface area contributed by atoms with E-state index in [0.29, 0.717) is 31.9 Å². The van der Waals surface area contributed by atoms with Crippen molar-refractivity contribution in [3.05, 3.63) is 71.6 Å². The molecule has 1 aromatic carbocycles. The zero-order chi connectivity index (χ0) is 22.8. The first kappa shape index (κ1) is 21.1. The minimum atomic E-state index is -0.530. The van der Waals surface area contributed by atoms with Gasteiger partial charge in [-0.15, -0.1) is 0 Å². The number of fused-ring (bicyclic) bond motifs is 1. The molecule has 0 radical (unpaired) electrons. The molecule has 0 saturated carbocycles. The van der Waals surface area contributed by atoms with Gasteiger partial charge in [0.2, 0.25) is 5.88 Å². The summed E-state index contributed by atoms with van der Waals surface area (Å²) in [6.07, 6.45) is 6.76. The maximum absolute atomic E-state index is 14.4. The molecule has 0 N–H and O–H groups in total. The van der Waals surface area contributed by atoms with Gasteiger partial charge >= 0.3 is 0 Å². The van der Waals surface area contributed by atoms with Crippen molar-refractivity contribution in [3.63, 3.8) is 0 Å². The topological polar surface area (TPSA) is 76.2 Å². The number of benzene rings is 1. The number of rotatable bonds is 6. The molecule has 0 spiro atoms. The van der Waals surface area contributed by atoms with Crippen LogP contribution < -0.4 is 9.47 Å². The fourth-order valence-corrected chi connectivity index (χ4v) is 4.07. The fourth-order valence-electron chi connectivity index (χ4n) is 4.07. The lowest BCUT2D eigenvalue weighted by Crippen LogP contribution is -2.06. The standard InChI is InChI=1S/C24H24FN5O3/c1-31-19-5-3-16(4-6-19)14-29-15-17(12-27-29)23-20-7-9-33-10-8-22(20)30(28-23)18-11-21(25)24(32-2)26-13-18/h3-6,11-13,15H,7-10,14H2,1-2H3. The van der Waals surface area contributed by atoms with E-state index in [4.69, 9.17) is 19.3 Å². The van der Waals surface area contributed by atoms with Crippen LogP contribution in [0.3, 0.4) is 0 Å². The lowest BCUT2D eigenvalue weighted by Gasteiger charge is -2.08. The predicted octanol–water partition coefficient (Wildman–Crippen LogP) is 3.45. The third kappa shape index (κ3) is 4.19. The normalized spacial score (nSPS) is 13.4. The Hall–Kier alpha value is -3.72. The second kappa shape index (κ2) is 9.03. The molecule has 8 nitrogen and oxygen atoms in total. The Balaban J connectivity index is 1.50. The maximum Gasteiger partial charge on any atom is 0.250 e. The zero-order valence-electron chi connectivity index (χ0n) is 18.5. The molecule has 0 amide bonds. The summed E-state index contributed by atoms with van der Waals surface area (Å²) in [5.74, 6) is 0.248. The number of halogens is 1. The van der Waals surface area contributed by atoms with Crippen LogP contribution in [0.4, 0.5) is 4.39 Å². The van der Waals surface area contributed by atoms with Crippen LogP contribution in [0, 0.1) is 5.82 Å². The van der Waals surface area contributed by atoms with Crippen molar-refractivity contribution in [2.75, 3.05) is 27.4 Å². The van der Waals surface area contributed by atoms with Crippen LogP contribution in [-0.4, -0.2) is 52.0 Å². The molecule has 3 aromatic heterocycles. The van der Waals surface area contributed by atoms with E-state index in [0.717, 1.165) is 40.2 Å². The van der Waals surface area contributed by atoms with Crippen molar-refractivity contribution in [1.82, 2.24) is 24.5 Å². The van der Waals surface area contributed by atoms with Gasteiger partial charge in [-0.25, -0.2) is 14.1 Å². The summed E-state index contributed by atoms with van der Waals surface area (Å²) in [5.41, 5.74) is 5.48. The Kier molecular flexibility index (Phi) is 5.78. The number of aromatic nitrogens is 5. The van der Waals surface area contributed by atoms with Gasteiger partial charge in [0.15, 0.2) is 5.82 Å². The van der Waals surface area contributed by atoms with Gasteiger partial charge in [-0.2, -0.15) is 10.2 Å². The Morgan fingerprint density at radius 2 is 1.88 bits per heavy atom. The van der Waals surface area contributed by atoms with Gasteiger partial charge in [-0.3, -0.25) is 4.68 Å². The third-order valence-corrected chi connectivity index (χ3v) is 5.71. The van der Waals surface area contributed by atoms with Crippen molar-refractivity contribution in [2.45, 2.75) is 19.4 Å². The first-order chi connectivity index (χ1) is 16.2. The molecule has 170 valence electrons. The highest BCUT2D eigenvalue weighted by Gasteiger charge is 2.23. The van der Waals surface area contributed by atoms with Crippen LogP contribution in [0.1, 0.15) is 16.8 Å². The minimum Gasteiger partial charge on any atom is -0.497 e. The van der Waals surface area contributed by atoms with E-state index in [-0.39, 0.29) is 5.88 Å². The van der Waals surface area contributed by atoms with Crippen LogP contribution in [-0.2, 0) is 24.1 Å².